The summed E-state index contributed by atoms with van der Waals surface area (Å²) >= 11 is 6.06. The van der Waals surface area contributed by atoms with Gasteiger partial charge in [0.15, 0.2) is 5.78 Å². The first-order chi connectivity index (χ1) is 11.5. The minimum absolute atomic E-state index is 0.0908. The summed E-state index contributed by atoms with van der Waals surface area (Å²) < 4.78 is 0. The topological polar surface area (TPSA) is 23.6 Å². The fourth-order valence-electron chi connectivity index (χ4n) is 2.27. The number of allylic oxidation sites excluding steroid dienone is 1. The van der Waals surface area contributed by atoms with E-state index in [0.717, 1.165) is 24.3 Å². The Kier molecular flexibility index (Phi) is 6.59. The molecule has 24 heavy (non-hydrogen) atoms. The van der Waals surface area contributed by atoms with Crippen LogP contribution in [0.4, 0.5) is 5.69 Å². The molecule has 3 nitrogen and oxygen atoms in total. The zero-order chi connectivity index (χ0) is 17.5. The molecule has 2 aromatic carbocycles. The maximum atomic E-state index is 12.2. The van der Waals surface area contributed by atoms with E-state index < -0.39 is 0 Å². The molecule has 0 N–H and O–H groups in total. The molecular weight excluding hydrogens is 320 g/mol. The summed E-state index contributed by atoms with van der Waals surface area (Å²) in [6.45, 7) is 1.93. The van der Waals surface area contributed by atoms with Crippen LogP contribution in [0.25, 0.3) is 6.08 Å². The van der Waals surface area contributed by atoms with Gasteiger partial charge in [-0.2, -0.15) is 0 Å². The van der Waals surface area contributed by atoms with E-state index >= 15 is 0 Å². The lowest BCUT2D eigenvalue weighted by atomic mass is 10.1. The van der Waals surface area contributed by atoms with E-state index in [9.17, 15) is 4.79 Å². The number of benzene rings is 2. The minimum Gasteiger partial charge on any atom is -0.373 e. The lowest BCUT2D eigenvalue weighted by molar-refractivity contribution is 0.104. The highest BCUT2D eigenvalue weighted by Crippen LogP contribution is 2.18. The predicted octanol–water partition coefficient (Wildman–Crippen LogP) is 4.23. The van der Waals surface area contributed by atoms with Gasteiger partial charge in [0.2, 0.25) is 0 Å². The van der Waals surface area contributed by atoms with Crippen LogP contribution in [-0.2, 0) is 0 Å². The molecule has 0 amide bonds. The van der Waals surface area contributed by atoms with Crippen molar-refractivity contribution in [3.63, 3.8) is 0 Å². The van der Waals surface area contributed by atoms with E-state index in [4.69, 9.17) is 11.6 Å². The highest BCUT2D eigenvalue weighted by Gasteiger charge is 2.06. The summed E-state index contributed by atoms with van der Waals surface area (Å²) in [5.74, 6) is -0.0908. The number of ketones is 1. The van der Waals surface area contributed by atoms with Crippen LogP contribution in [0.3, 0.4) is 0 Å². The van der Waals surface area contributed by atoms with Gasteiger partial charge in [0.05, 0.1) is 5.02 Å². The highest BCUT2D eigenvalue weighted by molar-refractivity contribution is 6.34. The van der Waals surface area contributed by atoms with E-state index in [1.165, 1.54) is 0 Å². The molecule has 0 saturated heterocycles. The molecule has 2 aromatic rings. The first-order valence-corrected chi connectivity index (χ1v) is 8.28. The fourth-order valence-corrected chi connectivity index (χ4v) is 2.50. The van der Waals surface area contributed by atoms with Crippen molar-refractivity contribution in [2.24, 2.45) is 0 Å². The van der Waals surface area contributed by atoms with Gasteiger partial charge in [0, 0.05) is 31.4 Å². The molecule has 0 spiro atoms. The number of likely N-dealkylation sites (N-methyl/N-ethyl adjacent to an activating group) is 2. The minimum atomic E-state index is -0.0908. The van der Waals surface area contributed by atoms with E-state index in [-0.39, 0.29) is 5.78 Å². The van der Waals surface area contributed by atoms with Crippen LogP contribution >= 0.6 is 11.6 Å². The molecule has 0 atom stereocenters. The summed E-state index contributed by atoms with van der Waals surface area (Å²) in [7, 11) is 6.20. The van der Waals surface area contributed by atoms with Gasteiger partial charge in [-0.05, 0) is 50.0 Å². The predicted molar refractivity (Wildman–Crippen MR) is 103 cm³/mol. The molecule has 4 heteroatoms. The molecule has 0 unspecified atom stereocenters. The maximum Gasteiger partial charge on any atom is 0.187 e. The van der Waals surface area contributed by atoms with Gasteiger partial charge < -0.3 is 9.80 Å². The molecule has 0 radical (unpaired) electrons. The van der Waals surface area contributed by atoms with Gasteiger partial charge in [0.25, 0.3) is 0 Å². The van der Waals surface area contributed by atoms with Gasteiger partial charge in [-0.15, -0.1) is 0 Å². The molecule has 0 aliphatic heterocycles. The van der Waals surface area contributed by atoms with Crippen molar-refractivity contribution in [2.75, 3.05) is 39.1 Å². The molecule has 0 bridgehead atoms. The Morgan fingerprint density at radius 2 is 1.79 bits per heavy atom. The first-order valence-electron chi connectivity index (χ1n) is 7.90. The molecule has 0 aliphatic rings. The second-order valence-corrected chi connectivity index (χ2v) is 6.40. The van der Waals surface area contributed by atoms with E-state index in [2.05, 4.69) is 43.1 Å². The Balaban J connectivity index is 2.09. The number of anilines is 1. The number of carbonyl (C=O) groups excluding carboxylic acids is 1. The summed E-state index contributed by atoms with van der Waals surface area (Å²) in [4.78, 5) is 16.6. The quantitative estimate of drug-likeness (QED) is 0.555. The summed E-state index contributed by atoms with van der Waals surface area (Å²) in [5, 5.41) is 0.476. The Labute approximate surface area is 149 Å². The monoisotopic (exact) mass is 342 g/mol. The highest BCUT2D eigenvalue weighted by atomic mass is 35.5. The van der Waals surface area contributed by atoms with Gasteiger partial charge in [-0.3, -0.25) is 4.79 Å². The van der Waals surface area contributed by atoms with Crippen LogP contribution in [0.15, 0.2) is 54.6 Å². The van der Waals surface area contributed by atoms with Crippen molar-refractivity contribution in [3.8, 4) is 0 Å². The molecule has 0 saturated carbocycles. The number of rotatable bonds is 7. The lowest BCUT2D eigenvalue weighted by Crippen LogP contribution is -2.28. The molecule has 0 aliphatic carbocycles. The Morgan fingerprint density at radius 1 is 1.04 bits per heavy atom. The summed E-state index contributed by atoms with van der Waals surface area (Å²) in [5.41, 5.74) is 2.64. The Hall–Kier alpha value is -2.10. The van der Waals surface area contributed by atoms with Crippen LogP contribution in [0.5, 0.6) is 0 Å². The number of carbonyl (C=O) groups is 1. The van der Waals surface area contributed by atoms with E-state index in [1.54, 1.807) is 18.2 Å². The van der Waals surface area contributed by atoms with Gasteiger partial charge >= 0.3 is 0 Å². The third kappa shape index (κ3) is 5.22. The largest absolute Gasteiger partial charge is 0.373 e. The summed E-state index contributed by atoms with van der Waals surface area (Å²) in [6, 6.07) is 15.2. The average Bonchev–Trinajstić information content (AvgIpc) is 2.58. The SMILES string of the molecule is CN(C)CCN(C)c1cccc(/C=C/C(=O)c2ccccc2Cl)c1. The number of halogens is 1. The number of hydrogen-bond acceptors (Lipinski definition) is 3. The number of nitrogens with zero attached hydrogens (tertiary/aromatic N) is 2. The van der Waals surface area contributed by atoms with Crippen molar-refractivity contribution in [2.45, 2.75) is 0 Å². The van der Waals surface area contributed by atoms with Crippen LogP contribution in [0, 0.1) is 0 Å². The molecule has 0 fully saturated rings. The van der Waals surface area contributed by atoms with Crippen LogP contribution in [0.1, 0.15) is 15.9 Å². The van der Waals surface area contributed by atoms with Crippen LogP contribution < -0.4 is 4.90 Å². The standard InChI is InChI=1S/C20H23ClN2O/c1-22(2)13-14-23(3)17-8-6-7-16(15-17)11-12-20(24)18-9-4-5-10-19(18)21/h4-12,15H,13-14H2,1-3H3/b12-11+. The van der Waals surface area contributed by atoms with Gasteiger partial charge in [-0.25, -0.2) is 0 Å². The van der Waals surface area contributed by atoms with Crippen molar-refractivity contribution in [1.29, 1.82) is 0 Å². The third-order valence-electron chi connectivity index (χ3n) is 3.76. The van der Waals surface area contributed by atoms with Crippen molar-refractivity contribution in [3.05, 3.63) is 70.8 Å². The molecule has 126 valence electrons. The van der Waals surface area contributed by atoms with Crippen molar-refractivity contribution in [1.82, 2.24) is 4.90 Å². The Bertz CT molecular complexity index is 725. The van der Waals surface area contributed by atoms with E-state index in [0.29, 0.717) is 10.6 Å². The molecule has 0 aromatic heterocycles. The second-order valence-electron chi connectivity index (χ2n) is 6.00. The molecule has 2 rings (SSSR count). The van der Waals surface area contributed by atoms with Crippen LogP contribution in [-0.4, -0.2) is 44.9 Å². The first kappa shape index (κ1) is 18.2. The molecular formula is C20H23ClN2O. The normalized spacial score (nSPS) is 11.2. The Morgan fingerprint density at radius 3 is 2.50 bits per heavy atom. The van der Waals surface area contributed by atoms with E-state index in [1.807, 2.05) is 30.3 Å². The zero-order valence-corrected chi connectivity index (χ0v) is 15.1. The zero-order valence-electron chi connectivity index (χ0n) is 14.4. The van der Waals surface area contributed by atoms with Crippen molar-refractivity contribution < 1.29 is 4.79 Å². The van der Waals surface area contributed by atoms with Gasteiger partial charge in [0.1, 0.15) is 0 Å². The smallest absolute Gasteiger partial charge is 0.187 e. The van der Waals surface area contributed by atoms with Crippen LogP contribution in [0.2, 0.25) is 5.02 Å². The lowest BCUT2D eigenvalue weighted by Gasteiger charge is -2.21. The average molecular weight is 343 g/mol. The third-order valence-corrected chi connectivity index (χ3v) is 4.09. The van der Waals surface area contributed by atoms with Crippen molar-refractivity contribution >= 4 is 29.1 Å². The maximum absolute atomic E-state index is 12.2. The fraction of sp³-hybridized carbons (Fsp3) is 0.250. The van der Waals surface area contributed by atoms with Gasteiger partial charge in [-0.1, -0.05) is 41.9 Å². The second kappa shape index (κ2) is 8.67. The molecule has 0 heterocycles. The number of hydrogen-bond donors (Lipinski definition) is 0. The summed E-state index contributed by atoms with van der Waals surface area (Å²) in [6.07, 6.45) is 3.40.